The zero-order valence-corrected chi connectivity index (χ0v) is 11.4. The van der Waals surface area contributed by atoms with Crippen molar-refractivity contribution in [2.45, 2.75) is 44.5 Å². The first-order valence-corrected chi connectivity index (χ1v) is 9.23. The maximum Gasteiger partial charge on any atom is 0.116 e. The molecule has 1 fully saturated rings. The Morgan fingerprint density at radius 1 is 1.25 bits per heavy atom. The minimum Gasteiger partial charge on any atom is -0.381 e. The highest BCUT2D eigenvalue weighted by Gasteiger charge is 2.38. The first-order valence-electron chi connectivity index (χ1n) is 6.44. The zero-order valence-electron chi connectivity index (χ0n) is 10.4. The van der Waals surface area contributed by atoms with E-state index in [1.807, 2.05) is 0 Å². The van der Waals surface area contributed by atoms with Gasteiger partial charge < -0.3 is 4.74 Å². The molecule has 0 N–H and O–H groups in total. The molecule has 1 nitrogen and oxygen atoms in total. The molecule has 0 spiro atoms. The Morgan fingerprint density at radius 3 is 2.56 bits per heavy atom. The van der Waals surface area contributed by atoms with Crippen molar-refractivity contribution in [2.24, 2.45) is 0 Å². The van der Waals surface area contributed by atoms with Crippen LogP contribution in [0.5, 0.6) is 0 Å². The molecule has 2 unspecified atom stereocenters. The van der Waals surface area contributed by atoms with Gasteiger partial charge >= 0.3 is 0 Å². The van der Waals surface area contributed by atoms with Gasteiger partial charge in [0.15, 0.2) is 0 Å². The summed E-state index contributed by atoms with van der Waals surface area (Å²) in [5.74, 6) is 0. The molecule has 2 atom stereocenters. The molecule has 1 aliphatic heterocycles. The third-order valence-corrected chi connectivity index (χ3v) is 9.06. The lowest BCUT2D eigenvalue weighted by molar-refractivity contribution is 0.0606. The van der Waals surface area contributed by atoms with E-state index in [1.165, 1.54) is 25.3 Å². The van der Waals surface area contributed by atoms with Crippen LogP contribution in [0.4, 0.5) is 0 Å². The highest BCUT2D eigenvalue weighted by atomic mass is 28.3. The van der Waals surface area contributed by atoms with Gasteiger partial charge in [0.2, 0.25) is 0 Å². The molecule has 1 aromatic rings. The van der Waals surface area contributed by atoms with E-state index in [1.54, 1.807) is 5.19 Å². The lowest BCUT2D eigenvalue weighted by Gasteiger charge is -2.37. The summed E-state index contributed by atoms with van der Waals surface area (Å²) in [6, 6.07) is 12.3. The first kappa shape index (κ1) is 11.9. The van der Waals surface area contributed by atoms with Gasteiger partial charge in [0.05, 0.1) is 5.73 Å². The summed E-state index contributed by atoms with van der Waals surface area (Å²) in [6.07, 6.45) is 3.87. The van der Waals surface area contributed by atoms with Crippen LogP contribution in [0.3, 0.4) is 0 Å². The molecule has 88 valence electrons. The predicted molar refractivity (Wildman–Crippen MR) is 71.8 cm³/mol. The predicted octanol–water partition coefficient (Wildman–Crippen LogP) is 3.10. The van der Waals surface area contributed by atoms with Crippen LogP contribution in [0.25, 0.3) is 0 Å². The normalized spacial score (nSPS) is 25.0. The van der Waals surface area contributed by atoms with Crippen LogP contribution in [0.1, 0.15) is 26.2 Å². The van der Waals surface area contributed by atoms with E-state index in [9.17, 15) is 0 Å². The molecule has 0 aliphatic carbocycles. The third kappa shape index (κ3) is 2.23. The average Bonchev–Trinajstić information content (AvgIpc) is 2.40. The van der Waals surface area contributed by atoms with E-state index in [-0.39, 0.29) is 0 Å². The lowest BCUT2D eigenvalue weighted by Crippen LogP contribution is -2.56. The Kier molecular flexibility index (Phi) is 3.82. The minimum absolute atomic E-state index is 0.536. The van der Waals surface area contributed by atoms with Crippen LogP contribution >= 0.6 is 0 Å². The van der Waals surface area contributed by atoms with Gasteiger partial charge in [-0.15, -0.1) is 0 Å². The zero-order chi connectivity index (χ0) is 11.4. The van der Waals surface area contributed by atoms with Crippen molar-refractivity contribution in [1.82, 2.24) is 0 Å². The summed E-state index contributed by atoms with van der Waals surface area (Å²) in [6.45, 7) is 5.79. The third-order valence-electron chi connectivity index (χ3n) is 4.06. The van der Waals surface area contributed by atoms with Crippen molar-refractivity contribution in [3.63, 3.8) is 0 Å². The van der Waals surface area contributed by atoms with E-state index in [0.717, 1.165) is 6.61 Å². The Labute approximate surface area is 99.8 Å². The fourth-order valence-corrected chi connectivity index (χ4v) is 6.20. The number of benzene rings is 1. The summed E-state index contributed by atoms with van der Waals surface area (Å²) in [4.78, 5) is 0. The quantitative estimate of drug-likeness (QED) is 0.730. The Balaban J connectivity index is 2.24. The summed E-state index contributed by atoms with van der Waals surface area (Å²) in [5.41, 5.74) is 0.536. The first-order chi connectivity index (χ1) is 7.77. The fourth-order valence-electron chi connectivity index (χ4n) is 2.68. The standard InChI is InChI=1S/C14H22OSi/c1-3-16(2,13-9-5-4-6-10-13)14-11-7-8-12-15-14/h4-6,9-10,14H,3,7-8,11-12H2,1-2H3. The van der Waals surface area contributed by atoms with Gasteiger partial charge in [-0.25, -0.2) is 0 Å². The molecule has 0 radical (unpaired) electrons. The molecule has 0 amide bonds. The van der Waals surface area contributed by atoms with E-state index in [2.05, 4.69) is 43.8 Å². The Bertz CT molecular complexity index is 319. The second-order valence-electron chi connectivity index (χ2n) is 4.99. The van der Waals surface area contributed by atoms with Crippen LogP contribution in [0.15, 0.2) is 30.3 Å². The fraction of sp³-hybridized carbons (Fsp3) is 0.571. The van der Waals surface area contributed by atoms with Crippen molar-refractivity contribution in [3.8, 4) is 0 Å². The van der Waals surface area contributed by atoms with Crippen LogP contribution in [-0.2, 0) is 4.74 Å². The molecule has 1 aliphatic rings. The van der Waals surface area contributed by atoms with Crippen LogP contribution in [0.2, 0.25) is 12.6 Å². The second kappa shape index (κ2) is 5.15. The lowest BCUT2D eigenvalue weighted by atomic mass is 10.2. The minimum atomic E-state index is -1.42. The summed E-state index contributed by atoms with van der Waals surface area (Å²) >= 11 is 0. The SMILES string of the molecule is CC[Si](C)(c1ccccc1)C1CCCCO1. The van der Waals surface area contributed by atoms with Crippen LogP contribution < -0.4 is 5.19 Å². The van der Waals surface area contributed by atoms with Crippen molar-refractivity contribution < 1.29 is 4.74 Å². The summed E-state index contributed by atoms with van der Waals surface area (Å²) in [5, 5.41) is 1.56. The van der Waals surface area contributed by atoms with Gasteiger partial charge in [-0.3, -0.25) is 0 Å². The number of hydrogen-bond acceptors (Lipinski definition) is 1. The maximum absolute atomic E-state index is 6.05. The molecular formula is C14H22OSi. The Morgan fingerprint density at radius 2 is 2.00 bits per heavy atom. The topological polar surface area (TPSA) is 9.23 Å². The number of rotatable bonds is 3. The summed E-state index contributed by atoms with van der Waals surface area (Å²) in [7, 11) is -1.42. The molecule has 1 aromatic carbocycles. The monoisotopic (exact) mass is 234 g/mol. The van der Waals surface area contributed by atoms with Crippen LogP contribution in [0, 0.1) is 0 Å². The van der Waals surface area contributed by atoms with Gasteiger partial charge in [0, 0.05) is 6.61 Å². The van der Waals surface area contributed by atoms with Crippen molar-refractivity contribution in [1.29, 1.82) is 0 Å². The van der Waals surface area contributed by atoms with Crippen molar-refractivity contribution in [2.75, 3.05) is 6.61 Å². The largest absolute Gasteiger partial charge is 0.381 e. The molecule has 0 bridgehead atoms. The highest BCUT2D eigenvalue weighted by Crippen LogP contribution is 2.25. The molecule has 16 heavy (non-hydrogen) atoms. The molecule has 0 saturated carbocycles. The van der Waals surface area contributed by atoms with E-state index in [4.69, 9.17) is 4.74 Å². The van der Waals surface area contributed by atoms with E-state index >= 15 is 0 Å². The highest BCUT2D eigenvalue weighted by molar-refractivity contribution is 6.91. The van der Waals surface area contributed by atoms with Gasteiger partial charge in [-0.2, -0.15) is 0 Å². The van der Waals surface area contributed by atoms with Gasteiger partial charge in [0.25, 0.3) is 0 Å². The molecular weight excluding hydrogens is 212 g/mol. The second-order valence-corrected chi connectivity index (χ2v) is 9.76. The van der Waals surface area contributed by atoms with Crippen LogP contribution in [-0.4, -0.2) is 20.4 Å². The summed E-state index contributed by atoms with van der Waals surface area (Å²) < 4.78 is 6.05. The molecule has 2 rings (SSSR count). The van der Waals surface area contributed by atoms with Crippen molar-refractivity contribution >= 4 is 13.3 Å². The molecule has 1 saturated heterocycles. The molecule has 0 aromatic heterocycles. The smallest absolute Gasteiger partial charge is 0.116 e. The van der Waals surface area contributed by atoms with E-state index < -0.39 is 8.07 Å². The average molecular weight is 234 g/mol. The maximum atomic E-state index is 6.05. The van der Waals surface area contributed by atoms with Gasteiger partial charge in [-0.1, -0.05) is 55.0 Å². The van der Waals surface area contributed by atoms with Crippen molar-refractivity contribution in [3.05, 3.63) is 30.3 Å². The number of ether oxygens (including phenoxy) is 1. The Hall–Kier alpha value is -0.603. The number of hydrogen-bond donors (Lipinski definition) is 0. The van der Waals surface area contributed by atoms with Gasteiger partial charge in [0.1, 0.15) is 8.07 Å². The van der Waals surface area contributed by atoms with E-state index in [0.29, 0.717) is 5.73 Å². The molecule has 1 heterocycles. The molecule has 2 heteroatoms. The van der Waals surface area contributed by atoms with Gasteiger partial charge in [-0.05, 0) is 19.3 Å².